The molecule has 0 radical (unpaired) electrons. The van der Waals surface area contributed by atoms with Crippen molar-refractivity contribution in [3.63, 3.8) is 0 Å². The summed E-state index contributed by atoms with van der Waals surface area (Å²) in [6.07, 6.45) is 5.55. The van der Waals surface area contributed by atoms with E-state index >= 15 is 0 Å². The second-order valence-electron chi connectivity index (χ2n) is 3.99. The van der Waals surface area contributed by atoms with Crippen molar-refractivity contribution in [2.75, 3.05) is 7.05 Å². The molecule has 1 aromatic heterocycles. The zero-order chi connectivity index (χ0) is 10.7. The highest BCUT2D eigenvalue weighted by Crippen LogP contribution is 2.24. The van der Waals surface area contributed by atoms with Crippen molar-refractivity contribution in [1.29, 1.82) is 0 Å². The third-order valence-electron chi connectivity index (χ3n) is 3.06. The van der Waals surface area contributed by atoms with Crippen LogP contribution in [0.1, 0.15) is 25.3 Å². The van der Waals surface area contributed by atoms with Crippen molar-refractivity contribution in [1.82, 2.24) is 10.3 Å². The van der Waals surface area contributed by atoms with E-state index in [1.54, 1.807) is 0 Å². The molecule has 2 atom stereocenters. The summed E-state index contributed by atoms with van der Waals surface area (Å²) in [7, 11) is 1.98. The summed E-state index contributed by atoms with van der Waals surface area (Å²) in [5.41, 5.74) is 1.25. The number of likely N-dealkylation sites (N-methyl/N-ethyl adjacent to an activating group) is 1. The zero-order valence-corrected chi connectivity index (χ0v) is 9.36. The third-order valence-corrected chi connectivity index (χ3v) is 3.06. The van der Waals surface area contributed by atoms with Gasteiger partial charge in [-0.05, 0) is 31.9 Å². The van der Waals surface area contributed by atoms with Crippen LogP contribution in [-0.2, 0) is 6.42 Å². The van der Waals surface area contributed by atoms with E-state index in [4.69, 9.17) is 4.74 Å². The Morgan fingerprint density at radius 2 is 2.33 bits per heavy atom. The molecule has 1 saturated carbocycles. The van der Waals surface area contributed by atoms with Crippen LogP contribution in [-0.4, -0.2) is 24.2 Å². The van der Waals surface area contributed by atoms with Gasteiger partial charge in [-0.15, -0.1) is 0 Å². The van der Waals surface area contributed by atoms with Gasteiger partial charge < -0.3 is 10.1 Å². The monoisotopic (exact) mass is 206 g/mol. The Hall–Kier alpha value is -1.09. The van der Waals surface area contributed by atoms with Gasteiger partial charge in [0.2, 0.25) is 5.88 Å². The fourth-order valence-corrected chi connectivity index (χ4v) is 1.79. The molecule has 3 nitrogen and oxygen atoms in total. The van der Waals surface area contributed by atoms with Gasteiger partial charge in [0, 0.05) is 18.3 Å². The molecular formula is C12H18N2O. The third kappa shape index (κ3) is 2.29. The summed E-state index contributed by atoms with van der Waals surface area (Å²) in [6, 6.07) is 4.54. The lowest BCUT2D eigenvalue weighted by Crippen LogP contribution is -2.49. The van der Waals surface area contributed by atoms with Crippen molar-refractivity contribution >= 4 is 0 Å². The summed E-state index contributed by atoms with van der Waals surface area (Å²) in [6.45, 7) is 2.13. The zero-order valence-electron chi connectivity index (χ0n) is 9.36. The molecule has 15 heavy (non-hydrogen) atoms. The maximum atomic E-state index is 5.78. The predicted octanol–water partition coefficient (Wildman–Crippen LogP) is 1.77. The summed E-state index contributed by atoms with van der Waals surface area (Å²) in [5, 5.41) is 3.24. The van der Waals surface area contributed by atoms with Gasteiger partial charge in [-0.1, -0.05) is 13.0 Å². The predicted molar refractivity (Wildman–Crippen MR) is 60.1 cm³/mol. The Morgan fingerprint density at radius 1 is 1.47 bits per heavy atom. The number of ether oxygens (including phenoxy) is 1. The Balaban J connectivity index is 1.93. The molecule has 0 saturated heterocycles. The van der Waals surface area contributed by atoms with E-state index in [2.05, 4.69) is 23.3 Å². The number of nitrogens with one attached hydrogen (secondary N) is 1. The van der Waals surface area contributed by atoms with Gasteiger partial charge in [-0.3, -0.25) is 0 Å². The van der Waals surface area contributed by atoms with Gasteiger partial charge in [0.05, 0.1) is 0 Å². The molecule has 2 rings (SSSR count). The number of nitrogens with zero attached hydrogens (tertiary/aromatic N) is 1. The first-order valence-corrected chi connectivity index (χ1v) is 5.62. The van der Waals surface area contributed by atoms with E-state index in [1.807, 2.05) is 19.3 Å². The molecule has 3 heteroatoms. The molecule has 0 amide bonds. The van der Waals surface area contributed by atoms with E-state index < -0.39 is 0 Å². The normalized spacial score (nSPS) is 24.7. The minimum Gasteiger partial charge on any atom is -0.473 e. The number of aryl methyl sites for hydroxylation is 1. The Bertz CT molecular complexity index is 308. The average Bonchev–Trinajstić information content (AvgIpc) is 2.26. The highest BCUT2D eigenvalue weighted by molar-refractivity contribution is 5.18. The largest absolute Gasteiger partial charge is 0.473 e. The first kappa shape index (κ1) is 10.4. The molecule has 1 N–H and O–H groups in total. The van der Waals surface area contributed by atoms with E-state index in [0.29, 0.717) is 12.1 Å². The number of rotatable bonds is 4. The van der Waals surface area contributed by atoms with Gasteiger partial charge in [-0.25, -0.2) is 4.98 Å². The lowest BCUT2D eigenvalue weighted by Gasteiger charge is -2.35. The molecule has 1 aliphatic rings. The fraction of sp³-hybridized carbons (Fsp3) is 0.583. The molecule has 0 aromatic carbocycles. The topological polar surface area (TPSA) is 34.1 Å². The smallest absolute Gasteiger partial charge is 0.213 e. The van der Waals surface area contributed by atoms with Gasteiger partial charge >= 0.3 is 0 Å². The molecule has 1 aromatic rings. The van der Waals surface area contributed by atoms with Crippen molar-refractivity contribution < 1.29 is 4.74 Å². The van der Waals surface area contributed by atoms with Crippen molar-refractivity contribution in [2.24, 2.45) is 0 Å². The maximum Gasteiger partial charge on any atom is 0.213 e. The standard InChI is InChI=1S/C12H18N2O/c1-3-9-4-7-12(14-8-9)15-11-6-5-10(11)13-2/h4,7-8,10-11,13H,3,5-6H2,1-2H3/t10-,11-/m1/s1. The number of hydrogen-bond acceptors (Lipinski definition) is 3. The molecule has 0 spiro atoms. The van der Waals surface area contributed by atoms with Crippen LogP contribution < -0.4 is 10.1 Å². The van der Waals surface area contributed by atoms with Crippen molar-refractivity contribution in [2.45, 2.75) is 38.3 Å². The number of hydrogen-bond donors (Lipinski definition) is 1. The molecule has 1 fully saturated rings. The Labute approximate surface area is 90.9 Å². The van der Waals surface area contributed by atoms with Gasteiger partial charge in [0.25, 0.3) is 0 Å². The lowest BCUT2D eigenvalue weighted by atomic mass is 9.89. The van der Waals surface area contributed by atoms with Crippen LogP contribution in [0.3, 0.4) is 0 Å². The first-order chi connectivity index (χ1) is 7.33. The van der Waals surface area contributed by atoms with Crippen LogP contribution in [0.2, 0.25) is 0 Å². The molecule has 0 unspecified atom stereocenters. The fourth-order valence-electron chi connectivity index (χ4n) is 1.79. The van der Waals surface area contributed by atoms with Crippen LogP contribution in [0.5, 0.6) is 5.88 Å². The second kappa shape index (κ2) is 4.62. The van der Waals surface area contributed by atoms with Crippen molar-refractivity contribution in [3.8, 4) is 5.88 Å². The average molecular weight is 206 g/mol. The lowest BCUT2D eigenvalue weighted by molar-refractivity contribution is 0.0726. The summed E-state index contributed by atoms with van der Waals surface area (Å²) in [5.74, 6) is 0.747. The molecule has 1 heterocycles. The molecular weight excluding hydrogens is 188 g/mol. The van der Waals surface area contributed by atoms with Crippen LogP contribution in [0.15, 0.2) is 18.3 Å². The molecule has 82 valence electrons. The van der Waals surface area contributed by atoms with E-state index in [-0.39, 0.29) is 0 Å². The number of pyridine rings is 1. The summed E-state index contributed by atoms with van der Waals surface area (Å²) in [4.78, 5) is 4.29. The van der Waals surface area contributed by atoms with Crippen LogP contribution in [0.4, 0.5) is 0 Å². The van der Waals surface area contributed by atoms with Gasteiger partial charge in [-0.2, -0.15) is 0 Å². The van der Waals surface area contributed by atoms with Crippen LogP contribution in [0, 0.1) is 0 Å². The van der Waals surface area contributed by atoms with Crippen LogP contribution >= 0.6 is 0 Å². The molecule has 0 aliphatic heterocycles. The molecule has 1 aliphatic carbocycles. The Morgan fingerprint density at radius 3 is 2.80 bits per heavy atom. The van der Waals surface area contributed by atoms with E-state index in [0.717, 1.165) is 18.7 Å². The van der Waals surface area contributed by atoms with Crippen LogP contribution in [0.25, 0.3) is 0 Å². The van der Waals surface area contributed by atoms with Gasteiger partial charge in [0.1, 0.15) is 6.10 Å². The summed E-state index contributed by atoms with van der Waals surface area (Å²) < 4.78 is 5.78. The van der Waals surface area contributed by atoms with E-state index in [9.17, 15) is 0 Å². The van der Waals surface area contributed by atoms with E-state index in [1.165, 1.54) is 12.0 Å². The summed E-state index contributed by atoms with van der Waals surface area (Å²) >= 11 is 0. The minimum absolute atomic E-state index is 0.301. The van der Waals surface area contributed by atoms with Crippen molar-refractivity contribution in [3.05, 3.63) is 23.9 Å². The quantitative estimate of drug-likeness (QED) is 0.815. The Kier molecular flexibility index (Phi) is 3.21. The second-order valence-corrected chi connectivity index (χ2v) is 3.99. The molecule has 0 bridgehead atoms. The first-order valence-electron chi connectivity index (χ1n) is 5.62. The minimum atomic E-state index is 0.301. The highest BCUT2D eigenvalue weighted by atomic mass is 16.5. The number of aromatic nitrogens is 1. The SMILES string of the molecule is CCc1ccc(O[C@@H]2CC[C@H]2NC)nc1. The highest BCUT2D eigenvalue weighted by Gasteiger charge is 2.31. The van der Waals surface area contributed by atoms with Gasteiger partial charge in [0.15, 0.2) is 0 Å². The maximum absolute atomic E-state index is 5.78.